The SMILES string of the molecule is Cc1cc(-c2cc3c4c(c2)Oc2ccccc2B4c2ccccc2O3)ccc1N(c1ccccc1)c1ccccc1.Cc1cc(N(c2ccccc2)c2ccccc2)ccc1-c1cc2c3c(c1)Oc1ccccc1B3c1ccccc1O2.Cc1cc(N2c3ccccc3Oc3ccccc32)ccc1-c1cc2c3c(c1)Oc1ccccc1B3c1ccccc1O2. The smallest absolute Gasteiger partial charge is 0.260 e. The Balaban J connectivity index is 0.000000107. The molecule has 13 heteroatoms. The Kier molecular flexibility index (Phi) is 18.0. The molecule has 0 bridgehead atoms. The first-order valence-electron chi connectivity index (χ1n) is 42.2. The summed E-state index contributed by atoms with van der Waals surface area (Å²) in [6, 6.07) is 141. The number of anilines is 9. The van der Waals surface area contributed by atoms with Crippen molar-refractivity contribution in [3.8, 4) is 114 Å². The van der Waals surface area contributed by atoms with Gasteiger partial charge in [0.2, 0.25) is 0 Å². The van der Waals surface area contributed by atoms with E-state index in [1.807, 2.05) is 72.8 Å². The molecule has 0 aromatic heterocycles. The van der Waals surface area contributed by atoms with Crippen LogP contribution >= 0.6 is 0 Å². The third-order valence-electron chi connectivity index (χ3n) is 24.7. The number of nitrogens with zero attached hydrogens (tertiary/aromatic N) is 3. The van der Waals surface area contributed by atoms with E-state index in [0.717, 1.165) is 187 Å². The van der Waals surface area contributed by atoms with Gasteiger partial charge in [0.05, 0.1) is 11.4 Å². The Bertz CT molecular complexity index is 6940. The van der Waals surface area contributed by atoms with Crippen LogP contribution < -0.4 is 97.0 Å². The first kappa shape index (κ1) is 73.3. The lowest BCUT2D eigenvalue weighted by molar-refractivity contribution is 0.464. The zero-order chi connectivity index (χ0) is 82.5. The second-order valence-corrected chi connectivity index (χ2v) is 32.2. The van der Waals surface area contributed by atoms with Gasteiger partial charge in [0.1, 0.15) is 69.0 Å². The molecule has 586 valence electrons. The molecule has 7 aliphatic heterocycles. The lowest BCUT2D eigenvalue weighted by Gasteiger charge is -2.34. The summed E-state index contributed by atoms with van der Waals surface area (Å²) in [4.78, 5) is 6.87. The van der Waals surface area contributed by atoms with Gasteiger partial charge in [-0.25, -0.2) is 0 Å². The maximum absolute atomic E-state index is 6.54. The van der Waals surface area contributed by atoms with Gasteiger partial charge in [0.15, 0.2) is 11.5 Å². The van der Waals surface area contributed by atoms with Gasteiger partial charge in [0.25, 0.3) is 20.1 Å². The highest BCUT2D eigenvalue weighted by Crippen LogP contribution is 2.52. The maximum Gasteiger partial charge on any atom is 0.260 e. The van der Waals surface area contributed by atoms with Crippen molar-refractivity contribution in [1.82, 2.24) is 0 Å². The molecule has 0 atom stereocenters. The van der Waals surface area contributed by atoms with E-state index in [2.05, 4.69) is 369 Å². The fourth-order valence-electron chi connectivity index (χ4n) is 19.1. The Morgan fingerprint density at radius 3 is 0.831 bits per heavy atom. The largest absolute Gasteiger partial charge is 0.458 e. The summed E-state index contributed by atoms with van der Waals surface area (Å²) in [6.07, 6.45) is 0. The van der Waals surface area contributed by atoms with E-state index in [1.54, 1.807) is 0 Å². The van der Waals surface area contributed by atoms with Gasteiger partial charge in [-0.2, -0.15) is 0 Å². The van der Waals surface area contributed by atoms with Crippen LogP contribution in [-0.2, 0) is 0 Å². The molecule has 0 fully saturated rings. The van der Waals surface area contributed by atoms with E-state index < -0.39 is 0 Å². The molecule has 18 aromatic carbocycles. The third-order valence-corrected chi connectivity index (χ3v) is 24.7. The van der Waals surface area contributed by atoms with Crippen molar-refractivity contribution in [3.63, 3.8) is 0 Å². The molecule has 0 saturated carbocycles. The number of aryl methyl sites for hydroxylation is 3. The molecular weight excluding hydrogens is 1520 g/mol. The average Bonchev–Trinajstić information content (AvgIpc) is 0.728. The van der Waals surface area contributed by atoms with Gasteiger partial charge >= 0.3 is 0 Å². The predicted molar refractivity (Wildman–Crippen MR) is 507 cm³/mol. The minimum atomic E-state index is 0.0730. The lowest BCUT2D eigenvalue weighted by atomic mass is 9.35. The topological polar surface area (TPSA) is 74.3 Å². The highest BCUT2D eigenvalue weighted by atomic mass is 16.5. The molecule has 0 amide bonds. The van der Waals surface area contributed by atoms with Crippen LogP contribution in [0.15, 0.2) is 406 Å². The fraction of sp³-hybridized carbons (Fsp3) is 0.0270. The molecule has 0 unspecified atom stereocenters. The standard InChI is InChI=1S/C37H24BNO3.2C37H26BNO2/c1-23-20-25(39-29-12-4-8-16-33(29)42-34-17-9-5-13-30(34)39)18-19-26(23)24-21-35-37-36(22-24)41-32-15-7-3-11-28(32)38(37)27-10-2-6-14-31(27)40-35;1-25-22-29(39(27-12-4-2-5-13-27)28-14-6-3-7-15-28)20-21-30(25)26-23-35-37-36(24-26)41-34-19-11-9-17-32(34)38(37)31-16-8-10-18-33(31)40-35;1-25-22-26(20-21-32(25)39(28-12-4-2-5-13-28)29-14-6-3-7-15-29)27-23-35-37-36(24-27)41-34-19-11-9-17-31(34)38(37)30-16-8-10-18-33(30)40-35/h2-22H,1H3;2*2-24H,1H3. The van der Waals surface area contributed by atoms with Crippen molar-refractivity contribution in [3.05, 3.63) is 423 Å². The van der Waals surface area contributed by atoms with Crippen LogP contribution in [0.2, 0.25) is 0 Å². The molecule has 0 saturated heterocycles. The summed E-state index contributed by atoms with van der Waals surface area (Å²) in [6.45, 7) is 6.75. The minimum absolute atomic E-state index is 0.0730. The van der Waals surface area contributed by atoms with E-state index in [-0.39, 0.29) is 20.1 Å². The van der Waals surface area contributed by atoms with Crippen LogP contribution in [0.4, 0.5) is 51.2 Å². The molecule has 7 aliphatic rings. The van der Waals surface area contributed by atoms with E-state index in [0.29, 0.717) is 0 Å². The number of hydrogen-bond donors (Lipinski definition) is 0. The normalized spacial score (nSPS) is 12.7. The molecule has 124 heavy (non-hydrogen) atoms. The highest BCUT2D eigenvalue weighted by molar-refractivity contribution is 6.99. The molecular formula is C111H76B3N3O7. The van der Waals surface area contributed by atoms with Gasteiger partial charge in [0, 0.05) is 56.2 Å². The quantitative estimate of drug-likeness (QED) is 0.124. The second kappa shape index (κ2) is 30.4. The van der Waals surface area contributed by atoms with Gasteiger partial charge in [-0.05, 0) is 286 Å². The summed E-state index contributed by atoms with van der Waals surface area (Å²) in [5.74, 6) is 12.2. The molecule has 0 spiro atoms. The third kappa shape index (κ3) is 12.8. The molecule has 0 aliphatic carbocycles. The van der Waals surface area contributed by atoms with Gasteiger partial charge in [-0.3, -0.25) is 0 Å². The van der Waals surface area contributed by atoms with Crippen molar-refractivity contribution in [1.29, 1.82) is 0 Å². The number of para-hydroxylation sites is 14. The van der Waals surface area contributed by atoms with Crippen LogP contribution in [0.3, 0.4) is 0 Å². The van der Waals surface area contributed by atoms with E-state index in [1.165, 1.54) is 43.9 Å². The molecule has 0 radical (unpaired) electrons. The summed E-state index contributed by atoms with van der Waals surface area (Å²) in [5.41, 5.74) is 30.3. The highest BCUT2D eigenvalue weighted by Gasteiger charge is 2.44. The Morgan fingerprint density at radius 2 is 0.492 bits per heavy atom. The van der Waals surface area contributed by atoms with Crippen molar-refractivity contribution < 1.29 is 33.2 Å². The number of ether oxygens (including phenoxy) is 7. The first-order chi connectivity index (χ1) is 61.2. The minimum Gasteiger partial charge on any atom is -0.458 e. The van der Waals surface area contributed by atoms with Crippen LogP contribution in [0.1, 0.15) is 16.7 Å². The first-order valence-corrected chi connectivity index (χ1v) is 42.2. The Labute approximate surface area is 721 Å². The number of fused-ring (bicyclic) bond motifs is 14. The van der Waals surface area contributed by atoms with Gasteiger partial charge in [-0.1, -0.05) is 224 Å². The fourth-order valence-corrected chi connectivity index (χ4v) is 19.1. The van der Waals surface area contributed by atoms with Crippen molar-refractivity contribution in [2.24, 2.45) is 0 Å². The summed E-state index contributed by atoms with van der Waals surface area (Å²) in [7, 11) is 0. The molecule has 0 N–H and O–H groups in total. The number of hydrogen-bond acceptors (Lipinski definition) is 10. The summed E-state index contributed by atoms with van der Waals surface area (Å²) in [5, 5.41) is 0. The van der Waals surface area contributed by atoms with Crippen molar-refractivity contribution >= 4 is 120 Å². The maximum atomic E-state index is 6.54. The zero-order valence-corrected chi connectivity index (χ0v) is 68.1. The van der Waals surface area contributed by atoms with Gasteiger partial charge in [-0.15, -0.1) is 0 Å². The van der Waals surface area contributed by atoms with Gasteiger partial charge < -0.3 is 47.9 Å². The summed E-state index contributed by atoms with van der Waals surface area (Å²) >= 11 is 0. The van der Waals surface area contributed by atoms with Crippen molar-refractivity contribution in [2.75, 3.05) is 14.7 Å². The number of benzene rings is 18. The van der Waals surface area contributed by atoms with E-state index in [9.17, 15) is 0 Å². The van der Waals surface area contributed by atoms with E-state index in [4.69, 9.17) is 33.2 Å². The summed E-state index contributed by atoms with van der Waals surface area (Å²) < 4.78 is 45.4. The average molecular weight is 1600 g/mol. The zero-order valence-electron chi connectivity index (χ0n) is 68.1. The monoisotopic (exact) mass is 1600 g/mol. The molecule has 25 rings (SSSR count). The van der Waals surface area contributed by atoms with Crippen LogP contribution in [0.25, 0.3) is 33.4 Å². The van der Waals surface area contributed by atoms with Crippen molar-refractivity contribution in [2.45, 2.75) is 20.8 Å². The predicted octanol–water partition coefficient (Wildman–Crippen LogP) is 23.7. The van der Waals surface area contributed by atoms with Crippen LogP contribution in [0, 0.1) is 20.8 Å². The van der Waals surface area contributed by atoms with Crippen LogP contribution in [-0.4, -0.2) is 20.1 Å². The molecule has 7 heterocycles. The van der Waals surface area contributed by atoms with Crippen LogP contribution in [0.5, 0.6) is 80.5 Å². The Hall–Kier alpha value is -15.8. The lowest BCUT2D eigenvalue weighted by Crippen LogP contribution is -2.57. The Morgan fingerprint density at radius 1 is 0.202 bits per heavy atom. The van der Waals surface area contributed by atoms with E-state index >= 15 is 0 Å². The molecule has 18 aromatic rings. The second-order valence-electron chi connectivity index (χ2n) is 32.2. The molecule has 10 nitrogen and oxygen atoms in total. The number of rotatable bonds is 10.